The minimum Gasteiger partial charge on any atom is -0.472 e. The third-order valence-corrected chi connectivity index (χ3v) is 4.69. The zero-order valence-corrected chi connectivity index (χ0v) is 9.98. The molecule has 2 heterocycles. The predicted molar refractivity (Wildman–Crippen MR) is 60.6 cm³/mol. The largest absolute Gasteiger partial charge is 0.472 e. The van der Waals surface area contributed by atoms with Gasteiger partial charge in [0, 0.05) is 24.2 Å². The van der Waals surface area contributed by atoms with Gasteiger partial charge in [-0.1, -0.05) is 0 Å². The van der Waals surface area contributed by atoms with Crippen LogP contribution in [-0.2, 0) is 16.4 Å². The Kier molecular flexibility index (Phi) is 3.05. The molecule has 1 fully saturated rings. The highest BCUT2D eigenvalue weighted by molar-refractivity contribution is 7.91. The predicted octanol–water partition coefficient (Wildman–Crippen LogP) is -0.164. The van der Waals surface area contributed by atoms with Crippen molar-refractivity contribution in [3.8, 4) is 0 Å². The van der Waals surface area contributed by atoms with Crippen molar-refractivity contribution in [2.75, 3.05) is 18.6 Å². The fourth-order valence-corrected chi connectivity index (χ4v) is 4.06. The molecule has 2 rings (SSSR count). The van der Waals surface area contributed by atoms with Gasteiger partial charge in [-0.3, -0.25) is 4.90 Å². The van der Waals surface area contributed by atoms with E-state index in [9.17, 15) is 8.42 Å². The van der Waals surface area contributed by atoms with E-state index in [1.54, 1.807) is 12.5 Å². The Morgan fingerprint density at radius 1 is 1.56 bits per heavy atom. The second-order valence-corrected chi connectivity index (χ2v) is 6.51. The fraction of sp³-hybridized carbons (Fsp3) is 0.600. The first kappa shape index (κ1) is 11.6. The normalized spacial score (nSPS) is 28.7. The number of furan rings is 1. The standard InChI is InChI=1S/C10H16N2O3S/c1-12(4-8-2-3-15-5-8)10-7-16(13,14)6-9(10)11/h2-3,5,9-10H,4,6-7,11H2,1H3. The average Bonchev–Trinajstić information content (AvgIpc) is 2.73. The Hall–Kier alpha value is -0.850. The first-order chi connectivity index (χ1) is 7.48. The van der Waals surface area contributed by atoms with Crippen LogP contribution in [0.25, 0.3) is 0 Å². The summed E-state index contributed by atoms with van der Waals surface area (Å²) in [5.74, 6) is 0.246. The number of hydrogen-bond donors (Lipinski definition) is 1. The van der Waals surface area contributed by atoms with E-state index < -0.39 is 9.84 Å². The van der Waals surface area contributed by atoms with Gasteiger partial charge >= 0.3 is 0 Å². The highest BCUT2D eigenvalue weighted by atomic mass is 32.2. The Morgan fingerprint density at radius 3 is 2.81 bits per heavy atom. The summed E-state index contributed by atoms with van der Waals surface area (Å²) in [6.45, 7) is 0.657. The van der Waals surface area contributed by atoms with E-state index in [-0.39, 0.29) is 23.6 Å². The van der Waals surface area contributed by atoms with Crippen molar-refractivity contribution in [1.29, 1.82) is 0 Å². The summed E-state index contributed by atoms with van der Waals surface area (Å²) in [6, 6.07) is 1.48. The van der Waals surface area contributed by atoms with E-state index in [1.807, 2.05) is 18.0 Å². The lowest BCUT2D eigenvalue weighted by molar-refractivity contribution is 0.235. The van der Waals surface area contributed by atoms with E-state index in [4.69, 9.17) is 10.2 Å². The maximum Gasteiger partial charge on any atom is 0.153 e. The van der Waals surface area contributed by atoms with Crippen molar-refractivity contribution in [1.82, 2.24) is 4.90 Å². The second kappa shape index (κ2) is 4.20. The monoisotopic (exact) mass is 244 g/mol. The molecule has 1 aromatic rings. The lowest BCUT2D eigenvalue weighted by atomic mass is 10.1. The number of hydrogen-bond acceptors (Lipinski definition) is 5. The SMILES string of the molecule is CN(Cc1ccoc1)C1CS(=O)(=O)CC1N. The van der Waals surface area contributed by atoms with Crippen LogP contribution in [0.3, 0.4) is 0 Å². The number of likely N-dealkylation sites (N-methyl/N-ethyl adjacent to an activating group) is 1. The summed E-state index contributed by atoms with van der Waals surface area (Å²) in [6.07, 6.45) is 3.26. The van der Waals surface area contributed by atoms with Crippen LogP contribution in [0.5, 0.6) is 0 Å². The van der Waals surface area contributed by atoms with Crippen LogP contribution in [-0.4, -0.2) is 44.0 Å². The average molecular weight is 244 g/mol. The molecule has 2 N–H and O–H groups in total. The third kappa shape index (κ3) is 2.45. The van der Waals surface area contributed by atoms with Crippen molar-refractivity contribution in [2.24, 2.45) is 5.73 Å². The molecule has 0 aliphatic carbocycles. The topological polar surface area (TPSA) is 76.5 Å². The van der Waals surface area contributed by atoms with Crippen molar-refractivity contribution < 1.29 is 12.8 Å². The molecule has 6 heteroatoms. The van der Waals surface area contributed by atoms with Gasteiger partial charge in [0.15, 0.2) is 9.84 Å². The van der Waals surface area contributed by atoms with E-state index in [1.165, 1.54) is 0 Å². The van der Waals surface area contributed by atoms with Crippen LogP contribution in [0, 0.1) is 0 Å². The van der Waals surface area contributed by atoms with Gasteiger partial charge in [-0.15, -0.1) is 0 Å². The van der Waals surface area contributed by atoms with Gasteiger partial charge in [0.25, 0.3) is 0 Å². The zero-order chi connectivity index (χ0) is 11.8. The zero-order valence-electron chi connectivity index (χ0n) is 9.17. The van der Waals surface area contributed by atoms with Crippen LogP contribution in [0.1, 0.15) is 5.56 Å². The molecule has 90 valence electrons. The van der Waals surface area contributed by atoms with Crippen LogP contribution < -0.4 is 5.73 Å². The van der Waals surface area contributed by atoms with E-state index >= 15 is 0 Å². The first-order valence-electron chi connectivity index (χ1n) is 5.15. The molecule has 1 saturated heterocycles. The van der Waals surface area contributed by atoms with Crippen molar-refractivity contribution >= 4 is 9.84 Å². The molecule has 2 unspecified atom stereocenters. The quantitative estimate of drug-likeness (QED) is 0.799. The summed E-state index contributed by atoms with van der Waals surface area (Å²) in [7, 11) is -1.07. The Balaban J connectivity index is 2.03. The number of nitrogens with two attached hydrogens (primary N) is 1. The molecule has 0 saturated carbocycles. The third-order valence-electron chi connectivity index (χ3n) is 2.94. The molecule has 0 aromatic carbocycles. The smallest absolute Gasteiger partial charge is 0.153 e. The Bertz CT molecular complexity index is 441. The highest BCUT2D eigenvalue weighted by Gasteiger charge is 2.37. The molecule has 1 aromatic heterocycles. The molecule has 1 aliphatic rings. The van der Waals surface area contributed by atoms with Crippen LogP contribution in [0.2, 0.25) is 0 Å². The van der Waals surface area contributed by atoms with Crippen molar-refractivity contribution in [2.45, 2.75) is 18.6 Å². The molecule has 0 spiro atoms. The lowest BCUT2D eigenvalue weighted by Gasteiger charge is -2.25. The molecular weight excluding hydrogens is 228 g/mol. The molecular formula is C10H16N2O3S. The van der Waals surface area contributed by atoms with Crippen molar-refractivity contribution in [3.63, 3.8) is 0 Å². The second-order valence-electron chi connectivity index (χ2n) is 4.35. The molecule has 2 atom stereocenters. The van der Waals surface area contributed by atoms with E-state index in [0.717, 1.165) is 5.56 Å². The molecule has 0 amide bonds. The van der Waals surface area contributed by atoms with Gasteiger partial charge in [-0.05, 0) is 13.1 Å². The Morgan fingerprint density at radius 2 is 2.31 bits per heavy atom. The van der Waals surface area contributed by atoms with Gasteiger partial charge in [0.05, 0.1) is 24.0 Å². The Labute approximate surface area is 95.1 Å². The molecule has 1 aliphatic heterocycles. The minimum absolute atomic E-state index is 0.0907. The molecule has 5 nitrogen and oxygen atoms in total. The molecule has 0 radical (unpaired) electrons. The first-order valence-corrected chi connectivity index (χ1v) is 6.97. The number of rotatable bonds is 3. The summed E-state index contributed by atoms with van der Waals surface area (Å²) in [4.78, 5) is 1.97. The van der Waals surface area contributed by atoms with E-state index in [0.29, 0.717) is 6.54 Å². The van der Waals surface area contributed by atoms with Gasteiger partial charge < -0.3 is 10.2 Å². The summed E-state index contributed by atoms with van der Waals surface area (Å²) in [5.41, 5.74) is 6.87. The van der Waals surface area contributed by atoms with Gasteiger partial charge in [0.2, 0.25) is 0 Å². The molecule has 0 bridgehead atoms. The van der Waals surface area contributed by atoms with Crippen LogP contribution in [0.4, 0.5) is 0 Å². The maximum absolute atomic E-state index is 11.4. The molecule has 16 heavy (non-hydrogen) atoms. The van der Waals surface area contributed by atoms with E-state index in [2.05, 4.69) is 0 Å². The summed E-state index contributed by atoms with van der Waals surface area (Å²) >= 11 is 0. The summed E-state index contributed by atoms with van der Waals surface area (Å²) in [5, 5.41) is 0. The summed E-state index contributed by atoms with van der Waals surface area (Å²) < 4.78 is 27.8. The van der Waals surface area contributed by atoms with Gasteiger partial charge in [-0.25, -0.2) is 8.42 Å². The van der Waals surface area contributed by atoms with Crippen LogP contribution in [0.15, 0.2) is 23.0 Å². The lowest BCUT2D eigenvalue weighted by Crippen LogP contribution is -2.44. The highest BCUT2D eigenvalue weighted by Crippen LogP contribution is 2.17. The number of nitrogens with zero attached hydrogens (tertiary/aromatic N) is 1. The van der Waals surface area contributed by atoms with Crippen LogP contribution >= 0.6 is 0 Å². The maximum atomic E-state index is 11.4. The van der Waals surface area contributed by atoms with Crippen molar-refractivity contribution in [3.05, 3.63) is 24.2 Å². The van der Waals surface area contributed by atoms with Gasteiger partial charge in [-0.2, -0.15) is 0 Å². The fourth-order valence-electron chi connectivity index (χ4n) is 2.10. The minimum atomic E-state index is -2.96. The van der Waals surface area contributed by atoms with Gasteiger partial charge in [0.1, 0.15) is 0 Å². The number of sulfone groups is 1.